The Kier molecular flexibility index (Phi) is 5.16. The van der Waals surface area contributed by atoms with E-state index in [0.29, 0.717) is 11.8 Å². The normalized spacial score (nSPS) is 17.9. The van der Waals surface area contributed by atoms with Gasteiger partial charge in [0.1, 0.15) is 16.2 Å². The van der Waals surface area contributed by atoms with Crippen LogP contribution in [-0.4, -0.2) is 21.6 Å². The van der Waals surface area contributed by atoms with Crippen LogP contribution in [0.1, 0.15) is 50.5 Å². The molecule has 0 saturated heterocycles. The lowest BCUT2D eigenvalue weighted by Gasteiger charge is -2.33. The van der Waals surface area contributed by atoms with Crippen molar-refractivity contribution in [3.8, 4) is 0 Å². The van der Waals surface area contributed by atoms with Gasteiger partial charge in [-0.2, -0.15) is 0 Å². The molecule has 1 atom stereocenters. The van der Waals surface area contributed by atoms with Crippen LogP contribution in [0.2, 0.25) is 0 Å². The molecular formula is C18H25N3OS2. The van der Waals surface area contributed by atoms with Gasteiger partial charge in [0.05, 0.1) is 0 Å². The van der Waals surface area contributed by atoms with Crippen molar-refractivity contribution in [3.63, 3.8) is 0 Å². The molecule has 1 unspecified atom stereocenters. The van der Waals surface area contributed by atoms with Crippen LogP contribution in [0, 0.1) is 11.3 Å². The van der Waals surface area contributed by atoms with Crippen molar-refractivity contribution in [1.82, 2.24) is 9.97 Å². The molecule has 0 aliphatic heterocycles. The summed E-state index contributed by atoms with van der Waals surface area (Å²) in [4.78, 5) is 22.5. The number of amides is 1. The van der Waals surface area contributed by atoms with Crippen LogP contribution in [0.4, 0.5) is 0 Å². The Morgan fingerprint density at radius 2 is 2.21 bits per heavy atom. The molecule has 1 aliphatic rings. The van der Waals surface area contributed by atoms with Crippen LogP contribution in [0.15, 0.2) is 11.4 Å². The molecule has 0 saturated carbocycles. The number of nitrogens with zero attached hydrogens (tertiary/aromatic N) is 2. The fourth-order valence-electron chi connectivity index (χ4n) is 3.35. The summed E-state index contributed by atoms with van der Waals surface area (Å²) in [6.07, 6.45) is 6.43. The lowest BCUT2D eigenvalue weighted by molar-refractivity contribution is -0.118. The molecule has 24 heavy (non-hydrogen) atoms. The van der Waals surface area contributed by atoms with Gasteiger partial charge in [-0.25, -0.2) is 9.97 Å². The topological polar surface area (TPSA) is 68.9 Å². The quantitative estimate of drug-likeness (QED) is 0.491. The van der Waals surface area contributed by atoms with E-state index in [1.165, 1.54) is 22.2 Å². The predicted molar refractivity (Wildman–Crippen MR) is 102 cm³/mol. The number of carbonyl (C=O) groups excluding carboxylic acids is 1. The van der Waals surface area contributed by atoms with Crippen molar-refractivity contribution in [2.45, 2.75) is 57.9 Å². The molecule has 1 aliphatic carbocycles. The second-order valence-corrected chi connectivity index (χ2v) is 9.75. The fraction of sp³-hybridized carbons (Fsp3) is 0.611. The Labute approximate surface area is 151 Å². The smallest absolute Gasteiger partial charge is 0.217 e. The SMILES string of the molecule is CC(C)(C)C1CCc2c(sc3ncnc(SCCCC(N)=O)c23)C1. The monoisotopic (exact) mass is 363 g/mol. The van der Waals surface area contributed by atoms with Gasteiger partial charge in [0.2, 0.25) is 5.91 Å². The molecule has 2 N–H and O–H groups in total. The third-order valence-electron chi connectivity index (χ3n) is 4.84. The molecule has 6 heteroatoms. The minimum Gasteiger partial charge on any atom is -0.370 e. The number of aryl methyl sites for hydroxylation is 1. The summed E-state index contributed by atoms with van der Waals surface area (Å²) < 4.78 is 0. The van der Waals surface area contributed by atoms with Crippen molar-refractivity contribution in [3.05, 3.63) is 16.8 Å². The summed E-state index contributed by atoms with van der Waals surface area (Å²) >= 11 is 3.56. The van der Waals surface area contributed by atoms with Crippen molar-refractivity contribution in [2.24, 2.45) is 17.1 Å². The van der Waals surface area contributed by atoms with Gasteiger partial charge in [-0.1, -0.05) is 20.8 Å². The van der Waals surface area contributed by atoms with Crippen LogP contribution >= 0.6 is 23.1 Å². The molecule has 0 fully saturated rings. The van der Waals surface area contributed by atoms with Crippen LogP contribution in [0.3, 0.4) is 0 Å². The number of primary amides is 1. The summed E-state index contributed by atoms with van der Waals surface area (Å²) in [6, 6.07) is 0. The molecule has 0 aromatic carbocycles. The van der Waals surface area contributed by atoms with Gasteiger partial charge in [0, 0.05) is 22.4 Å². The van der Waals surface area contributed by atoms with E-state index in [1.54, 1.807) is 18.1 Å². The number of fused-ring (bicyclic) bond motifs is 3. The number of carbonyl (C=O) groups is 1. The number of thiophene rings is 1. The van der Waals surface area contributed by atoms with E-state index >= 15 is 0 Å². The summed E-state index contributed by atoms with van der Waals surface area (Å²) in [5, 5.41) is 2.32. The van der Waals surface area contributed by atoms with Gasteiger partial charge in [-0.05, 0) is 42.6 Å². The van der Waals surface area contributed by atoms with Crippen LogP contribution in [-0.2, 0) is 17.6 Å². The molecule has 0 bridgehead atoms. The molecule has 1 amide bonds. The Balaban J connectivity index is 1.83. The largest absolute Gasteiger partial charge is 0.370 e. The lowest BCUT2D eigenvalue weighted by Crippen LogP contribution is -2.26. The molecule has 3 rings (SSSR count). The lowest BCUT2D eigenvalue weighted by atomic mass is 9.72. The number of nitrogens with two attached hydrogens (primary N) is 1. The van der Waals surface area contributed by atoms with E-state index in [9.17, 15) is 4.79 Å². The second-order valence-electron chi connectivity index (χ2n) is 7.59. The first kappa shape index (κ1) is 17.7. The molecule has 4 nitrogen and oxygen atoms in total. The van der Waals surface area contributed by atoms with Gasteiger partial charge in [0.25, 0.3) is 0 Å². The van der Waals surface area contributed by atoms with Crippen LogP contribution in [0.5, 0.6) is 0 Å². The van der Waals surface area contributed by atoms with Crippen molar-refractivity contribution in [1.29, 1.82) is 0 Å². The maximum absolute atomic E-state index is 10.9. The summed E-state index contributed by atoms with van der Waals surface area (Å²) in [7, 11) is 0. The number of hydrogen-bond acceptors (Lipinski definition) is 5. The molecule has 130 valence electrons. The average molecular weight is 364 g/mol. The highest BCUT2D eigenvalue weighted by molar-refractivity contribution is 7.99. The molecule has 0 radical (unpaired) electrons. The van der Waals surface area contributed by atoms with E-state index in [2.05, 4.69) is 30.7 Å². The third-order valence-corrected chi connectivity index (χ3v) is 7.08. The molecule has 2 heterocycles. The van der Waals surface area contributed by atoms with E-state index in [-0.39, 0.29) is 5.91 Å². The zero-order chi connectivity index (χ0) is 17.3. The summed E-state index contributed by atoms with van der Waals surface area (Å²) in [5.74, 6) is 1.37. The average Bonchev–Trinajstić information content (AvgIpc) is 2.88. The first-order valence-electron chi connectivity index (χ1n) is 8.52. The number of rotatable bonds is 5. The van der Waals surface area contributed by atoms with Gasteiger partial charge in [0.15, 0.2) is 0 Å². The second kappa shape index (κ2) is 7.00. The van der Waals surface area contributed by atoms with Gasteiger partial charge in [-0.15, -0.1) is 23.1 Å². The number of hydrogen-bond donors (Lipinski definition) is 1. The first-order valence-corrected chi connectivity index (χ1v) is 10.3. The zero-order valence-corrected chi connectivity index (χ0v) is 16.2. The molecule has 2 aromatic rings. The maximum atomic E-state index is 10.9. The van der Waals surface area contributed by atoms with Crippen molar-refractivity contribution < 1.29 is 4.79 Å². The Morgan fingerprint density at radius 3 is 2.92 bits per heavy atom. The third kappa shape index (κ3) is 3.75. The molecule has 2 aromatic heterocycles. The fourth-order valence-corrected chi connectivity index (χ4v) is 5.64. The Bertz CT molecular complexity index is 749. The predicted octanol–water partition coefficient (Wildman–Crippen LogP) is 4.20. The van der Waals surface area contributed by atoms with Crippen molar-refractivity contribution in [2.75, 3.05) is 5.75 Å². The summed E-state index contributed by atoms with van der Waals surface area (Å²) in [6.45, 7) is 7.03. The summed E-state index contributed by atoms with van der Waals surface area (Å²) in [5.41, 5.74) is 7.03. The molecule has 0 spiro atoms. The van der Waals surface area contributed by atoms with Gasteiger partial charge in [-0.3, -0.25) is 4.79 Å². The van der Waals surface area contributed by atoms with Crippen LogP contribution in [0.25, 0.3) is 10.2 Å². The van der Waals surface area contributed by atoms with E-state index in [4.69, 9.17) is 5.73 Å². The maximum Gasteiger partial charge on any atom is 0.217 e. The first-order chi connectivity index (χ1) is 11.4. The minimum atomic E-state index is -0.232. The van der Waals surface area contributed by atoms with Crippen molar-refractivity contribution >= 4 is 39.2 Å². The van der Waals surface area contributed by atoms with E-state index < -0.39 is 0 Å². The zero-order valence-electron chi connectivity index (χ0n) is 14.6. The Morgan fingerprint density at radius 1 is 1.42 bits per heavy atom. The highest BCUT2D eigenvalue weighted by atomic mass is 32.2. The standard InChI is InChI=1S/C18H25N3OS2/c1-18(2,3)11-6-7-12-13(9-11)24-17-15(12)16(20-10-21-17)23-8-4-5-14(19)22/h10-11H,4-9H2,1-3H3,(H2,19,22). The van der Waals surface area contributed by atoms with E-state index in [0.717, 1.165) is 40.8 Å². The number of thioether (sulfide) groups is 1. The highest BCUT2D eigenvalue weighted by Crippen LogP contribution is 2.44. The van der Waals surface area contributed by atoms with E-state index in [1.807, 2.05) is 11.3 Å². The van der Waals surface area contributed by atoms with Gasteiger partial charge >= 0.3 is 0 Å². The number of aromatic nitrogens is 2. The highest BCUT2D eigenvalue weighted by Gasteiger charge is 2.31. The molecular weight excluding hydrogens is 338 g/mol. The minimum absolute atomic E-state index is 0.232. The van der Waals surface area contributed by atoms with Gasteiger partial charge < -0.3 is 5.73 Å². The Hall–Kier alpha value is -1.14. The van der Waals surface area contributed by atoms with Crippen LogP contribution < -0.4 is 5.73 Å².